The van der Waals surface area contributed by atoms with Gasteiger partial charge in [0.1, 0.15) is 11.8 Å². The molecule has 22 heavy (non-hydrogen) atoms. The monoisotopic (exact) mass is 304 g/mol. The maximum atomic E-state index is 12.7. The zero-order chi connectivity index (χ0) is 16.1. The van der Waals surface area contributed by atoms with Crippen LogP contribution in [0.3, 0.4) is 0 Å². The van der Waals surface area contributed by atoms with Crippen LogP contribution in [0.4, 0.5) is 0 Å². The fraction of sp³-hybridized carbons (Fsp3) is 0.529. The lowest BCUT2D eigenvalue weighted by Crippen LogP contribution is -2.47. The highest BCUT2D eigenvalue weighted by atomic mass is 16.5. The molecule has 0 aliphatic carbocycles. The van der Waals surface area contributed by atoms with E-state index in [4.69, 9.17) is 4.74 Å². The molecule has 1 aromatic rings. The molecule has 0 saturated carbocycles. The van der Waals surface area contributed by atoms with E-state index in [1.165, 1.54) is 0 Å². The highest BCUT2D eigenvalue weighted by Crippen LogP contribution is 2.23. The van der Waals surface area contributed by atoms with Gasteiger partial charge in [-0.25, -0.2) is 0 Å². The highest BCUT2D eigenvalue weighted by molar-refractivity contribution is 5.98. The van der Waals surface area contributed by atoms with Crippen LogP contribution in [0.25, 0.3) is 0 Å². The number of carbonyl (C=O) groups is 2. The molecule has 2 amide bonds. The van der Waals surface area contributed by atoms with Crippen LogP contribution in [0.5, 0.6) is 5.75 Å². The van der Waals surface area contributed by atoms with E-state index in [0.29, 0.717) is 30.9 Å². The van der Waals surface area contributed by atoms with Gasteiger partial charge in [-0.15, -0.1) is 0 Å². The number of likely N-dealkylation sites (N-methyl/N-ethyl adjacent to an activating group) is 1. The summed E-state index contributed by atoms with van der Waals surface area (Å²) in [5.41, 5.74) is 0.597. The van der Waals surface area contributed by atoms with Gasteiger partial charge >= 0.3 is 0 Å². The van der Waals surface area contributed by atoms with Crippen molar-refractivity contribution in [3.63, 3.8) is 0 Å². The number of amides is 2. The Morgan fingerprint density at radius 1 is 1.23 bits per heavy atom. The molecular formula is C17H24N2O3. The van der Waals surface area contributed by atoms with Crippen molar-refractivity contribution in [2.24, 2.45) is 0 Å². The summed E-state index contributed by atoms with van der Waals surface area (Å²) < 4.78 is 5.11. The van der Waals surface area contributed by atoms with Gasteiger partial charge in [0, 0.05) is 25.2 Å². The summed E-state index contributed by atoms with van der Waals surface area (Å²) in [7, 11) is 1.59. The fourth-order valence-electron chi connectivity index (χ4n) is 2.91. The minimum Gasteiger partial charge on any atom is -0.497 e. The number of methoxy groups -OCH3 is 1. The van der Waals surface area contributed by atoms with E-state index in [9.17, 15) is 9.59 Å². The number of hydrogen-bond acceptors (Lipinski definition) is 3. The van der Waals surface area contributed by atoms with Gasteiger partial charge in [-0.1, -0.05) is 0 Å². The Balaban J connectivity index is 2.15. The van der Waals surface area contributed by atoms with Gasteiger partial charge in [-0.05, 0) is 51.0 Å². The van der Waals surface area contributed by atoms with E-state index in [2.05, 4.69) is 0 Å². The van der Waals surface area contributed by atoms with Crippen LogP contribution in [0.15, 0.2) is 24.3 Å². The topological polar surface area (TPSA) is 49.9 Å². The Morgan fingerprint density at radius 3 is 2.41 bits per heavy atom. The minimum atomic E-state index is -0.325. The van der Waals surface area contributed by atoms with Crippen molar-refractivity contribution in [2.45, 2.75) is 32.7 Å². The first-order valence-electron chi connectivity index (χ1n) is 7.86. The van der Waals surface area contributed by atoms with Gasteiger partial charge in [0.2, 0.25) is 5.91 Å². The molecule has 1 aliphatic heterocycles. The molecule has 0 aromatic heterocycles. The Hall–Kier alpha value is -2.04. The Labute approximate surface area is 131 Å². The van der Waals surface area contributed by atoms with Crippen molar-refractivity contribution in [1.82, 2.24) is 9.80 Å². The number of rotatable bonds is 5. The zero-order valence-corrected chi connectivity index (χ0v) is 13.5. The largest absolute Gasteiger partial charge is 0.497 e. The maximum absolute atomic E-state index is 12.7. The molecule has 0 N–H and O–H groups in total. The van der Waals surface area contributed by atoms with Crippen molar-refractivity contribution in [1.29, 1.82) is 0 Å². The molecule has 0 bridgehead atoms. The van der Waals surface area contributed by atoms with Gasteiger partial charge in [-0.2, -0.15) is 0 Å². The van der Waals surface area contributed by atoms with E-state index in [-0.39, 0.29) is 17.9 Å². The molecule has 1 aliphatic rings. The summed E-state index contributed by atoms with van der Waals surface area (Å²) in [6.07, 6.45) is 1.62. The average Bonchev–Trinajstić information content (AvgIpc) is 3.04. The predicted molar refractivity (Wildman–Crippen MR) is 85.0 cm³/mol. The number of likely N-dealkylation sites (tertiary alicyclic amines) is 1. The van der Waals surface area contributed by atoms with Gasteiger partial charge in [0.15, 0.2) is 0 Å². The first-order valence-corrected chi connectivity index (χ1v) is 7.86. The molecule has 1 aromatic carbocycles. The molecule has 1 atom stereocenters. The standard InChI is InChI=1S/C17H24N2O3/c1-4-18(5-2)17(21)15-7-6-12-19(15)16(20)13-8-10-14(22-3)11-9-13/h8-11,15H,4-7,12H2,1-3H3. The number of ether oxygens (including phenoxy) is 1. The van der Waals surface area contributed by atoms with Crippen LogP contribution < -0.4 is 4.74 Å². The first kappa shape index (κ1) is 16.3. The number of nitrogens with zero attached hydrogens (tertiary/aromatic N) is 2. The second-order valence-corrected chi connectivity index (χ2v) is 5.40. The molecular weight excluding hydrogens is 280 g/mol. The van der Waals surface area contributed by atoms with E-state index < -0.39 is 0 Å². The summed E-state index contributed by atoms with van der Waals surface area (Å²) in [6.45, 7) is 5.92. The third-order valence-corrected chi connectivity index (χ3v) is 4.21. The molecule has 1 heterocycles. The summed E-state index contributed by atoms with van der Waals surface area (Å²) in [4.78, 5) is 28.7. The Bertz CT molecular complexity index is 523. The molecule has 2 rings (SSSR count). The second-order valence-electron chi connectivity index (χ2n) is 5.40. The van der Waals surface area contributed by atoms with Crippen molar-refractivity contribution in [3.8, 4) is 5.75 Å². The second kappa shape index (κ2) is 7.29. The van der Waals surface area contributed by atoms with E-state index in [1.54, 1.807) is 41.2 Å². The van der Waals surface area contributed by atoms with Crippen LogP contribution >= 0.6 is 0 Å². The number of hydrogen-bond donors (Lipinski definition) is 0. The van der Waals surface area contributed by atoms with Crippen LogP contribution in [-0.2, 0) is 4.79 Å². The zero-order valence-electron chi connectivity index (χ0n) is 13.5. The summed E-state index contributed by atoms with van der Waals surface area (Å²) in [6, 6.07) is 6.71. The molecule has 1 unspecified atom stereocenters. The minimum absolute atomic E-state index is 0.0596. The normalized spacial score (nSPS) is 17.4. The number of carbonyl (C=O) groups excluding carboxylic acids is 2. The highest BCUT2D eigenvalue weighted by Gasteiger charge is 2.36. The van der Waals surface area contributed by atoms with E-state index in [1.807, 2.05) is 13.8 Å². The molecule has 120 valence electrons. The van der Waals surface area contributed by atoms with Crippen molar-refractivity contribution in [3.05, 3.63) is 29.8 Å². The van der Waals surface area contributed by atoms with Gasteiger partial charge < -0.3 is 14.5 Å². The lowest BCUT2D eigenvalue weighted by atomic mass is 10.1. The summed E-state index contributed by atoms with van der Waals surface area (Å²) in [5, 5.41) is 0. The smallest absolute Gasteiger partial charge is 0.254 e. The predicted octanol–water partition coefficient (Wildman–Crippen LogP) is 2.17. The SMILES string of the molecule is CCN(CC)C(=O)C1CCCN1C(=O)c1ccc(OC)cc1. The van der Waals surface area contributed by atoms with Crippen LogP contribution in [-0.4, -0.2) is 54.4 Å². The molecule has 0 radical (unpaired) electrons. The molecule has 5 heteroatoms. The van der Waals surface area contributed by atoms with Crippen molar-refractivity contribution >= 4 is 11.8 Å². The van der Waals surface area contributed by atoms with Crippen molar-refractivity contribution in [2.75, 3.05) is 26.7 Å². The van der Waals surface area contributed by atoms with Gasteiger partial charge in [0.25, 0.3) is 5.91 Å². The van der Waals surface area contributed by atoms with Crippen LogP contribution in [0.1, 0.15) is 37.0 Å². The lowest BCUT2D eigenvalue weighted by Gasteiger charge is -2.29. The summed E-state index contributed by atoms with van der Waals surface area (Å²) in [5.74, 6) is 0.698. The van der Waals surface area contributed by atoms with E-state index in [0.717, 1.165) is 12.8 Å². The Morgan fingerprint density at radius 2 is 1.86 bits per heavy atom. The quantitative estimate of drug-likeness (QED) is 0.837. The third-order valence-electron chi connectivity index (χ3n) is 4.21. The molecule has 1 saturated heterocycles. The summed E-state index contributed by atoms with van der Waals surface area (Å²) >= 11 is 0. The lowest BCUT2D eigenvalue weighted by molar-refractivity contribution is -0.134. The fourth-order valence-corrected chi connectivity index (χ4v) is 2.91. The van der Waals surface area contributed by atoms with E-state index >= 15 is 0 Å². The van der Waals surface area contributed by atoms with Crippen molar-refractivity contribution < 1.29 is 14.3 Å². The van der Waals surface area contributed by atoms with Gasteiger partial charge in [-0.3, -0.25) is 9.59 Å². The third kappa shape index (κ3) is 3.24. The molecule has 5 nitrogen and oxygen atoms in total. The molecule has 1 fully saturated rings. The van der Waals surface area contributed by atoms with Crippen LogP contribution in [0, 0.1) is 0 Å². The average molecular weight is 304 g/mol. The Kier molecular flexibility index (Phi) is 5.41. The van der Waals surface area contributed by atoms with Gasteiger partial charge in [0.05, 0.1) is 7.11 Å². The van der Waals surface area contributed by atoms with Crippen LogP contribution in [0.2, 0.25) is 0 Å². The molecule has 0 spiro atoms. The number of benzene rings is 1. The maximum Gasteiger partial charge on any atom is 0.254 e. The first-order chi connectivity index (χ1) is 10.6.